The maximum absolute atomic E-state index is 13.5. The maximum atomic E-state index is 13.5. The van der Waals surface area contributed by atoms with Gasteiger partial charge in [-0.05, 0) is 26.1 Å². The zero-order valence-corrected chi connectivity index (χ0v) is 11.6. The van der Waals surface area contributed by atoms with Crippen molar-refractivity contribution in [2.24, 2.45) is 5.92 Å². The number of anilines is 1. The number of benzene rings is 1. The summed E-state index contributed by atoms with van der Waals surface area (Å²) in [5.74, 6) is -1.55. The second-order valence-electron chi connectivity index (χ2n) is 4.99. The van der Waals surface area contributed by atoms with Crippen LogP contribution < -0.4 is 5.32 Å². The van der Waals surface area contributed by atoms with Crippen molar-refractivity contribution in [2.45, 2.75) is 6.42 Å². The summed E-state index contributed by atoms with van der Waals surface area (Å²) in [7, 11) is 1.96. The number of likely N-dealkylation sites (tertiary alicyclic amines) is 1. The molecule has 1 N–H and O–H groups in total. The monoisotopic (exact) mass is 297 g/mol. The summed E-state index contributed by atoms with van der Waals surface area (Å²) in [6.45, 7) is 1.59. The van der Waals surface area contributed by atoms with E-state index in [1.54, 1.807) is 0 Å². The van der Waals surface area contributed by atoms with Gasteiger partial charge in [-0.25, -0.2) is 13.8 Å². The minimum absolute atomic E-state index is 0.0754. The van der Waals surface area contributed by atoms with Gasteiger partial charge < -0.3 is 10.2 Å². The highest BCUT2D eigenvalue weighted by molar-refractivity contribution is 7.22. The van der Waals surface area contributed by atoms with E-state index in [2.05, 4.69) is 15.2 Å². The molecule has 1 saturated heterocycles. The lowest BCUT2D eigenvalue weighted by Crippen LogP contribution is -2.25. The highest BCUT2D eigenvalue weighted by Crippen LogP contribution is 2.29. The van der Waals surface area contributed by atoms with Crippen molar-refractivity contribution >= 4 is 32.6 Å². The van der Waals surface area contributed by atoms with Gasteiger partial charge >= 0.3 is 0 Å². The second-order valence-corrected chi connectivity index (χ2v) is 6.02. The molecule has 4 nitrogen and oxygen atoms in total. The first-order valence-corrected chi connectivity index (χ1v) is 7.09. The van der Waals surface area contributed by atoms with Crippen molar-refractivity contribution in [3.63, 3.8) is 0 Å². The van der Waals surface area contributed by atoms with Crippen LogP contribution in [0.15, 0.2) is 12.1 Å². The Morgan fingerprint density at radius 3 is 3.00 bits per heavy atom. The van der Waals surface area contributed by atoms with Crippen LogP contribution in [0.3, 0.4) is 0 Å². The third kappa shape index (κ3) is 2.51. The molecule has 0 spiro atoms. The molecule has 1 aromatic carbocycles. The Hall–Kier alpha value is -1.60. The van der Waals surface area contributed by atoms with Gasteiger partial charge in [-0.15, -0.1) is 0 Å². The molecule has 106 valence electrons. The fraction of sp³-hybridized carbons (Fsp3) is 0.385. The maximum Gasteiger partial charge on any atom is 0.230 e. The molecule has 1 atom stereocenters. The number of hydrogen-bond donors (Lipinski definition) is 1. The zero-order valence-electron chi connectivity index (χ0n) is 10.8. The van der Waals surface area contributed by atoms with Gasteiger partial charge in [-0.2, -0.15) is 0 Å². The molecule has 7 heteroatoms. The normalized spacial score (nSPS) is 19.6. The lowest BCUT2D eigenvalue weighted by Gasteiger charge is -2.09. The van der Waals surface area contributed by atoms with E-state index in [4.69, 9.17) is 0 Å². The Balaban J connectivity index is 1.81. The molecule has 1 unspecified atom stereocenters. The molecule has 20 heavy (non-hydrogen) atoms. The van der Waals surface area contributed by atoms with Crippen LogP contribution in [0.5, 0.6) is 0 Å². The van der Waals surface area contributed by atoms with E-state index in [1.807, 2.05) is 7.05 Å². The summed E-state index contributed by atoms with van der Waals surface area (Å²) in [6, 6.07) is 2.01. The number of thiazole rings is 1. The molecule has 2 heterocycles. The van der Waals surface area contributed by atoms with Crippen LogP contribution in [0.4, 0.5) is 13.9 Å². The average molecular weight is 297 g/mol. The van der Waals surface area contributed by atoms with Crippen molar-refractivity contribution in [3.05, 3.63) is 23.8 Å². The summed E-state index contributed by atoms with van der Waals surface area (Å²) in [4.78, 5) is 18.1. The average Bonchev–Trinajstić information content (AvgIpc) is 2.95. The standard InChI is InChI=1S/C13H13F2N3OS/c1-18-3-2-7(6-18)12(19)17-13-16-11-9(15)4-8(14)5-10(11)20-13/h4-5,7H,2-3,6H2,1H3,(H,16,17,19). The van der Waals surface area contributed by atoms with Crippen LogP contribution in [0.25, 0.3) is 10.2 Å². The van der Waals surface area contributed by atoms with Gasteiger partial charge in [0.25, 0.3) is 0 Å². The number of fused-ring (bicyclic) bond motifs is 1. The molecule has 0 aliphatic carbocycles. The van der Waals surface area contributed by atoms with Gasteiger partial charge in [0.15, 0.2) is 10.9 Å². The topological polar surface area (TPSA) is 45.2 Å². The van der Waals surface area contributed by atoms with Gasteiger partial charge in [0.05, 0.1) is 10.6 Å². The summed E-state index contributed by atoms with van der Waals surface area (Å²) in [5, 5.41) is 3.00. The molecule has 0 bridgehead atoms. The van der Waals surface area contributed by atoms with Gasteiger partial charge in [0.2, 0.25) is 5.91 Å². The molecule has 3 rings (SSSR count). The van der Waals surface area contributed by atoms with Gasteiger partial charge in [-0.3, -0.25) is 4.79 Å². The Morgan fingerprint density at radius 1 is 1.50 bits per heavy atom. The minimum atomic E-state index is -0.711. The van der Waals surface area contributed by atoms with Crippen molar-refractivity contribution in [3.8, 4) is 0 Å². The van der Waals surface area contributed by atoms with Gasteiger partial charge in [0.1, 0.15) is 11.3 Å². The van der Waals surface area contributed by atoms with Gasteiger partial charge in [-0.1, -0.05) is 11.3 Å². The number of halogens is 2. The largest absolute Gasteiger partial charge is 0.306 e. The number of carbonyl (C=O) groups is 1. The zero-order chi connectivity index (χ0) is 14.3. The van der Waals surface area contributed by atoms with Crippen molar-refractivity contribution in [2.75, 3.05) is 25.5 Å². The van der Waals surface area contributed by atoms with E-state index in [-0.39, 0.29) is 17.3 Å². The molecule has 0 saturated carbocycles. The summed E-state index contributed by atoms with van der Waals surface area (Å²) in [5.41, 5.74) is 0.0928. The predicted molar refractivity (Wildman–Crippen MR) is 73.8 cm³/mol. The molecule has 0 radical (unpaired) electrons. The summed E-state index contributed by atoms with van der Waals surface area (Å²) in [6.07, 6.45) is 0.802. The Bertz CT molecular complexity index is 673. The van der Waals surface area contributed by atoms with Crippen LogP contribution >= 0.6 is 11.3 Å². The molecule has 1 fully saturated rings. The Morgan fingerprint density at radius 2 is 2.30 bits per heavy atom. The fourth-order valence-electron chi connectivity index (χ4n) is 2.37. The number of carbonyl (C=O) groups excluding carboxylic acids is 1. The Kier molecular flexibility index (Phi) is 3.39. The quantitative estimate of drug-likeness (QED) is 0.926. The lowest BCUT2D eigenvalue weighted by molar-refractivity contribution is -0.119. The van der Waals surface area contributed by atoms with E-state index < -0.39 is 11.6 Å². The highest BCUT2D eigenvalue weighted by atomic mass is 32.1. The first-order valence-electron chi connectivity index (χ1n) is 6.28. The van der Waals surface area contributed by atoms with E-state index in [0.29, 0.717) is 16.4 Å². The third-order valence-electron chi connectivity index (χ3n) is 3.41. The first-order chi connectivity index (χ1) is 9.52. The number of hydrogen-bond acceptors (Lipinski definition) is 4. The smallest absolute Gasteiger partial charge is 0.230 e. The van der Waals surface area contributed by atoms with Crippen molar-refractivity contribution in [1.82, 2.24) is 9.88 Å². The predicted octanol–water partition coefficient (Wildman–Crippen LogP) is 2.46. The number of aromatic nitrogens is 1. The number of nitrogens with zero attached hydrogens (tertiary/aromatic N) is 2. The molecule has 2 aromatic rings. The molecule has 1 aromatic heterocycles. The van der Waals surface area contributed by atoms with Crippen LogP contribution in [-0.4, -0.2) is 35.9 Å². The van der Waals surface area contributed by atoms with E-state index in [0.717, 1.165) is 30.4 Å². The molecule has 1 aliphatic rings. The number of nitrogens with one attached hydrogen (secondary N) is 1. The van der Waals surface area contributed by atoms with Crippen LogP contribution in [0, 0.1) is 17.6 Å². The SMILES string of the molecule is CN1CCC(C(=O)Nc2nc3c(F)cc(F)cc3s2)C1. The molecule has 1 amide bonds. The molecular weight excluding hydrogens is 284 g/mol. The van der Waals surface area contributed by atoms with E-state index in [1.165, 1.54) is 6.07 Å². The van der Waals surface area contributed by atoms with Crippen LogP contribution in [0.2, 0.25) is 0 Å². The second kappa shape index (κ2) is 5.06. The fourth-order valence-corrected chi connectivity index (χ4v) is 3.28. The lowest BCUT2D eigenvalue weighted by atomic mass is 10.1. The van der Waals surface area contributed by atoms with Crippen molar-refractivity contribution in [1.29, 1.82) is 0 Å². The number of rotatable bonds is 2. The van der Waals surface area contributed by atoms with Crippen LogP contribution in [0.1, 0.15) is 6.42 Å². The summed E-state index contributed by atoms with van der Waals surface area (Å²) < 4.78 is 27.0. The summed E-state index contributed by atoms with van der Waals surface area (Å²) >= 11 is 1.08. The molecule has 1 aliphatic heterocycles. The Labute approximate surface area is 118 Å². The van der Waals surface area contributed by atoms with Gasteiger partial charge in [0, 0.05) is 12.6 Å². The first kappa shape index (κ1) is 13.4. The minimum Gasteiger partial charge on any atom is -0.306 e. The van der Waals surface area contributed by atoms with E-state index in [9.17, 15) is 13.6 Å². The van der Waals surface area contributed by atoms with Crippen LogP contribution in [-0.2, 0) is 4.79 Å². The highest BCUT2D eigenvalue weighted by Gasteiger charge is 2.26. The van der Waals surface area contributed by atoms with Crippen molar-refractivity contribution < 1.29 is 13.6 Å². The number of amides is 1. The third-order valence-corrected chi connectivity index (χ3v) is 4.32. The van der Waals surface area contributed by atoms with E-state index >= 15 is 0 Å². The molecular formula is C13H13F2N3OS.